The minimum absolute atomic E-state index is 0.114. The number of benzene rings is 2. The molecule has 166 valence electrons. The maximum Gasteiger partial charge on any atom is 0.416 e. The number of hydrogen-bond acceptors (Lipinski definition) is 4. The quantitative estimate of drug-likeness (QED) is 0.338. The number of aromatic amines is 1. The first-order chi connectivity index (χ1) is 15.3. The monoisotopic (exact) mass is 479 g/mol. The molecule has 4 nitrogen and oxygen atoms in total. The molecule has 0 aliphatic carbocycles. The number of rotatable bonds is 5. The molecule has 0 unspecified atom stereocenters. The van der Waals surface area contributed by atoms with Crippen molar-refractivity contribution in [3.63, 3.8) is 0 Å². The van der Waals surface area contributed by atoms with E-state index in [-0.39, 0.29) is 16.9 Å². The SMILES string of the molecule is CCCSC1=NC(=O)C(=C(Cc2ccc(F)cc2C(F)(F)F)c2ccc3[nH]ncc3c2)S1. The van der Waals surface area contributed by atoms with E-state index in [4.69, 9.17) is 0 Å². The highest BCUT2D eigenvalue weighted by molar-refractivity contribution is 8.41. The molecule has 2 heterocycles. The Morgan fingerprint density at radius 2 is 2.00 bits per heavy atom. The van der Waals surface area contributed by atoms with Gasteiger partial charge in [-0.25, -0.2) is 4.39 Å². The second-order valence-electron chi connectivity index (χ2n) is 7.09. The van der Waals surface area contributed by atoms with Gasteiger partial charge in [-0.2, -0.15) is 23.3 Å². The fourth-order valence-electron chi connectivity index (χ4n) is 3.33. The number of carbonyl (C=O) groups excluding carboxylic acids is 1. The lowest BCUT2D eigenvalue weighted by molar-refractivity contribution is -0.138. The lowest BCUT2D eigenvalue weighted by atomic mass is 9.93. The summed E-state index contributed by atoms with van der Waals surface area (Å²) in [4.78, 5) is 17.1. The number of hydrogen-bond donors (Lipinski definition) is 1. The average molecular weight is 480 g/mol. The minimum atomic E-state index is -4.73. The molecule has 32 heavy (non-hydrogen) atoms. The Kier molecular flexibility index (Phi) is 6.43. The number of carbonyl (C=O) groups is 1. The van der Waals surface area contributed by atoms with Gasteiger partial charge in [0, 0.05) is 5.39 Å². The van der Waals surface area contributed by atoms with Gasteiger partial charge < -0.3 is 0 Å². The summed E-state index contributed by atoms with van der Waals surface area (Å²) in [6.07, 6.45) is -2.43. The van der Waals surface area contributed by atoms with Crippen LogP contribution in [0.2, 0.25) is 0 Å². The normalized spacial score (nSPS) is 16.0. The summed E-state index contributed by atoms with van der Waals surface area (Å²) in [7, 11) is 0. The van der Waals surface area contributed by atoms with E-state index in [0.29, 0.717) is 21.6 Å². The minimum Gasteiger partial charge on any atom is -0.278 e. The van der Waals surface area contributed by atoms with Gasteiger partial charge in [-0.05, 0) is 59.6 Å². The number of thioether (sulfide) groups is 2. The van der Waals surface area contributed by atoms with E-state index in [1.165, 1.54) is 23.5 Å². The van der Waals surface area contributed by atoms with E-state index in [1.54, 1.807) is 24.4 Å². The number of fused-ring (bicyclic) bond motifs is 1. The number of nitrogens with zero attached hydrogens (tertiary/aromatic N) is 2. The molecule has 0 spiro atoms. The van der Waals surface area contributed by atoms with Crippen LogP contribution in [0.3, 0.4) is 0 Å². The van der Waals surface area contributed by atoms with Crippen LogP contribution in [-0.2, 0) is 17.4 Å². The summed E-state index contributed by atoms with van der Waals surface area (Å²) in [6, 6.07) is 7.85. The van der Waals surface area contributed by atoms with Crippen LogP contribution in [0, 0.1) is 5.82 Å². The van der Waals surface area contributed by atoms with Crippen LogP contribution in [0.15, 0.2) is 52.5 Å². The molecule has 10 heteroatoms. The third-order valence-corrected chi connectivity index (χ3v) is 7.26. The number of alkyl halides is 3. The summed E-state index contributed by atoms with van der Waals surface area (Å²) in [5.41, 5.74) is 0.589. The van der Waals surface area contributed by atoms with Crippen molar-refractivity contribution in [3.8, 4) is 0 Å². The highest BCUT2D eigenvalue weighted by atomic mass is 32.2. The Morgan fingerprint density at radius 3 is 2.75 bits per heavy atom. The van der Waals surface area contributed by atoms with E-state index >= 15 is 0 Å². The second-order valence-corrected chi connectivity index (χ2v) is 9.43. The number of aromatic nitrogens is 2. The summed E-state index contributed by atoms with van der Waals surface area (Å²) in [6.45, 7) is 2.00. The van der Waals surface area contributed by atoms with E-state index < -0.39 is 23.5 Å². The highest BCUT2D eigenvalue weighted by Gasteiger charge is 2.35. The van der Waals surface area contributed by atoms with E-state index in [2.05, 4.69) is 15.2 Å². The van der Waals surface area contributed by atoms with Crippen molar-refractivity contribution in [3.05, 3.63) is 70.0 Å². The van der Waals surface area contributed by atoms with Crippen molar-refractivity contribution in [2.24, 2.45) is 4.99 Å². The zero-order valence-corrected chi connectivity index (χ0v) is 18.4. The van der Waals surface area contributed by atoms with Crippen LogP contribution in [0.25, 0.3) is 16.5 Å². The Morgan fingerprint density at radius 1 is 1.19 bits per heavy atom. The van der Waals surface area contributed by atoms with Crippen molar-refractivity contribution in [1.29, 1.82) is 0 Å². The third kappa shape index (κ3) is 4.75. The smallest absolute Gasteiger partial charge is 0.278 e. The first-order valence-electron chi connectivity index (χ1n) is 9.72. The molecule has 0 fully saturated rings. The fraction of sp³-hybridized carbons (Fsp3) is 0.227. The Bertz CT molecular complexity index is 1250. The number of aliphatic imine (C=N–C) groups is 1. The highest BCUT2D eigenvalue weighted by Crippen LogP contribution is 2.41. The lowest BCUT2D eigenvalue weighted by Crippen LogP contribution is -2.11. The van der Waals surface area contributed by atoms with Gasteiger partial charge in [0.15, 0.2) is 0 Å². The third-order valence-electron chi connectivity index (χ3n) is 4.81. The van der Waals surface area contributed by atoms with E-state index in [1.807, 2.05) is 6.92 Å². The molecule has 1 aliphatic rings. The maximum absolute atomic E-state index is 13.6. The second kappa shape index (κ2) is 9.11. The van der Waals surface area contributed by atoms with Crippen molar-refractivity contribution in [2.45, 2.75) is 25.9 Å². The van der Waals surface area contributed by atoms with Gasteiger partial charge in [0.25, 0.3) is 5.91 Å². The summed E-state index contributed by atoms with van der Waals surface area (Å²) in [5, 5.41) is 7.55. The molecule has 0 bridgehead atoms. The zero-order valence-electron chi connectivity index (χ0n) is 16.8. The van der Waals surface area contributed by atoms with Crippen molar-refractivity contribution < 1.29 is 22.4 Å². The van der Waals surface area contributed by atoms with Crippen LogP contribution in [0.5, 0.6) is 0 Å². The van der Waals surface area contributed by atoms with Gasteiger partial charge in [0.05, 0.1) is 22.2 Å². The molecule has 1 aromatic heterocycles. The van der Waals surface area contributed by atoms with Gasteiger partial charge in [-0.15, -0.1) is 0 Å². The van der Waals surface area contributed by atoms with Crippen LogP contribution in [0.1, 0.15) is 30.0 Å². The average Bonchev–Trinajstić information content (AvgIpc) is 3.36. The van der Waals surface area contributed by atoms with E-state index in [9.17, 15) is 22.4 Å². The molecule has 4 rings (SSSR count). The summed E-state index contributed by atoms with van der Waals surface area (Å²) >= 11 is 2.61. The first-order valence-corrected chi connectivity index (χ1v) is 11.5. The molecule has 0 saturated carbocycles. The zero-order chi connectivity index (χ0) is 22.9. The van der Waals surface area contributed by atoms with Gasteiger partial charge in [-0.3, -0.25) is 9.89 Å². The predicted molar refractivity (Wildman–Crippen MR) is 121 cm³/mol. The fourth-order valence-corrected chi connectivity index (χ4v) is 5.34. The standard InChI is InChI=1S/C22H17F4N3OS2/c1-2-7-31-21-28-20(30)19(32-21)16(12-4-6-18-14(8-12)11-27-29-18)9-13-3-5-15(23)10-17(13)22(24,25)26/h3-6,8,10-11H,2,7,9H2,1H3,(H,27,29). The number of amides is 1. The van der Waals surface area contributed by atoms with Gasteiger partial charge >= 0.3 is 6.18 Å². The molecule has 2 aromatic carbocycles. The summed E-state index contributed by atoms with van der Waals surface area (Å²) < 4.78 is 55.0. The number of halogens is 4. The molecule has 0 atom stereocenters. The molecular weight excluding hydrogens is 462 g/mol. The predicted octanol–water partition coefficient (Wildman–Crippen LogP) is 6.45. The molecule has 3 aromatic rings. The number of allylic oxidation sites excluding steroid dienone is 1. The van der Waals surface area contributed by atoms with Crippen LogP contribution >= 0.6 is 23.5 Å². The summed E-state index contributed by atoms with van der Waals surface area (Å²) in [5.74, 6) is -0.673. The molecule has 1 amide bonds. The number of nitrogens with one attached hydrogen (secondary N) is 1. The maximum atomic E-state index is 13.6. The Hall–Kier alpha value is -2.59. The first kappa shape index (κ1) is 22.6. The lowest BCUT2D eigenvalue weighted by Gasteiger charge is -2.16. The molecule has 0 radical (unpaired) electrons. The Labute approximate surface area is 189 Å². The van der Waals surface area contributed by atoms with Gasteiger partial charge in [-0.1, -0.05) is 42.6 Å². The van der Waals surface area contributed by atoms with Gasteiger partial charge in [0.1, 0.15) is 10.2 Å². The molecular formula is C22H17F4N3OS2. The molecule has 1 aliphatic heterocycles. The van der Waals surface area contributed by atoms with Crippen LogP contribution < -0.4 is 0 Å². The van der Waals surface area contributed by atoms with Crippen LogP contribution in [-0.4, -0.2) is 26.2 Å². The van der Waals surface area contributed by atoms with Crippen molar-refractivity contribution in [2.75, 3.05) is 5.75 Å². The van der Waals surface area contributed by atoms with Crippen molar-refractivity contribution >= 4 is 50.3 Å². The number of H-pyrrole nitrogens is 1. The Balaban J connectivity index is 1.82. The molecule has 0 saturated heterocycles. The largest absolute Gasteiger partial charge is 0.416 e. The van der Waals surface area contributed by atoms with Crippen molar-refractivity contribution in [1.82, 2.24) is 10.2 Å². The van der Waals surface area contributed by atoms with Gasteiger partial charge in [0.2, 0.25) is 0 Å². The van der Waals surface area contributed by atoms with E-state index in [0.717, 1.165) is 35.2 Å². The van der Waals surface area contributed by atoms with Crippen LogP contribution in [0.4, 0.5) is 17.6 Å². The molecule has 1 N–H and O–H groups in total. The topological polar surface area (TPSA) is 58.1 Å².